The summed E-state index contributed by atoms with van der Waals surface area (Å²) < 4.78 is 80.1. The number of carbonyl (C=O) groups excluding carboxylic acids is 1. The number of alkyl halides is 5. The summed E-state index contributed by atoms with van der Waals surface area (Å²) in [6.45, 7) is 0.482. The molecule has 2 saturated heterocycles. The highest BCUT2D eigenvalue weighted by molar-refractivity contribution is 5.79. The van der Waals surface area contributed by atoms with Gasteiger partial charge in [-0.3, -0.25) is 4.79 Å². The van der Waals surface area contributed by atoms with Crippen LogP contribution in [-0.2, 0) is 24.1 Å². The third-order valence-corrected chi connectivity index (χ3v) is 6.80. The van der Waals surface area contributed by atoms with Crippen molar-refractivity contribution in [3.63, 3.8) is 0 Å². The smallest absolute Gasteiger partial charge is 0.355 e. The van der Waals surface area contributed by atoms with Crippen LogP contribution in [0.1, 0.15) is 30.5 Å². The Hall–Kier alpha value is -3.45. The molecule has 3 aromatic heterocycles. The Balaban J connectivity index is 1.27. The Morgan fingerprint density at radius 2 is 1.86 bits per heavy atom. The van der Waals surface area contributed by atoms with Gasteiger partial charge in [0.2, 0.25) is 5.91 Å². The van der Waals surface area contributed by atoms with Crippen LogP contribution in [0.4, 0.5) is 32.2 Å². The topological polar surface area (TPSA) is 80.0 Å². The van der Waals surface area contributed by atoms with Crippen LogP contribution in [0.25, 0.3) is 11.2 Å². The summed E-state index contributed by atoms with van der Waals surface area (Å²) in [5.41, 5.74) is -1.56. The van der Waals surface area contributed by atoms with Gasteiger partial charge in [0.05, 0.1) is 12.4 Å². The van der Waals surface area contributed by atoms with Crippen molar-refractivity contribution in [2.75, 3.05) is 24.5 Å². The number of piperidine rings is 1. The zero-order chi connectivity index (χ0) is 25.7. The molecule has 36 heavy (non-hydrogen) atoms. The fourth-order valence-electron chi connectivity index (χ4n) is 4.94. The largest absolute Gasteiger partial charge is 0.436 e. The van der Waals surface area contributed by atoms with Gasteiger partial charge in [-0.05, 0) is 18.9 Å². The van der Waals surface area contributed by atoms with E-state index in [1.54, 1.807) is 6.20 Å². The summed E-state index contributed by atoms with van der Waals surface area (Å²) in [7, 11) is 0. The zero-order valence-electron chi connectivity index (χ0n) is 18.9. The molecule has 0 atom stereocenters. The minimum Gasteiger partial charge on any atom is -0.355 e. The SMILES string of the molecule is O=C1CC2(CCN(c3cnc4cnn(CC(F)F)c4n3)CC2)CN1Cc1ccnc(C(F)(F)F)c1F. The molecule has 0 aliphatic carbocycles. The molecule has 14 heteroatoms. The molecule has 3 aromatic rings. The van der Waals surface area contributed by atoms with E-state index in [2.05, 4.69) is 20.1 Å². The second-order valence-corrected chi connectivity index (χ2v) is 9.20. The number of hydrogen-bond acceptors (Lipinski definition) is 6. The van der Waals surface area contributed by atoms with E-state index < -0.39 is 30.7 Å². The Bertz CT molecular complexity index is 1290. The fourth-order valence-corrected chi connectivity index (χ4v) is 4.94. The van der Waals surface area contributed by atoms with Crippen LogP contribution < -0.4 is 4.90 Å². The van der Waals surface area contributed by atoms with E-state index in [0.29, 0.717) is 43.8 Å². The zero-order valence-corrected chi connectivity index (χ0v) is 18.9. The molecule has 0 saturated carbocycles. The van der Waals surface area contributed by atoms with Crippen LogP contribution >= 0.6 is 0 Å². The summed E-state index contributed by atoms with van der Waals surface area (Å²) in [5.74, 6) is -1.20. The van der Waals surface area contributed by atoms with E-state index in [0.717, 1.165) is 16.9 Å². The van der Waals surface area contributed by atoms with Crippen molar-refractivity contribution in [2.45, 2.75) is 45.0 Å². The van der Waals surface area contributed by atoms with Gasteiger partial charge in [-0.1, -0.05) is 0 Å². The number of nitrogens with zero attached hydrogens (tertiary/aromatic N) is 7. The van der Waals surface area contributed by atoms with Crippen molar-refractivity contribution in [3.8, 4) is 0 Å². The maximum atomic E-state index is 14.4. The Morgan fingerprint density at radius 3 is 2.56 bits per heavy atom. The molecule has 0 aromatic carbocycles. The van der Waals surface area contributed by atoms with Crippen LogP contribution in [0.5, 0.6) is 0 Å². The van der Waals surface area contributed by atoms with Gasteiger partial charge < -0.3 is 9.80 Å². The van der Waals surface area contributed by atoms with E-state index >= 15 is 0 Å². The van der Waals surface area contributed by atoms with E-state index in [9.17, 15) is 31.1 Å². The van der Waals surface area contributed by atoms with Gasteiger partial charge in [0, 0.05) is 49.8 Å². The first-order valence-electron chi connectivity index (χ1n) is 11.2. The number of likely N-dealkylation sites (tertiary alicyclic amines) is 1. The minimum absolute atomic E-state index is 0.214. The number of anilines is 1. The van der Waals surface area contributed by atoms with Gasteiger partial charge in [-0.25, -0.2) is 32.8 Å². The number of hydrogen-bond donors (Lipinski definition) is 0. The van der Waals surface area contributed by atoms with Crippen molar-refractivity contribution in [1.29, 1.82) is 0 Å². The van der Waals surface area contributed by atoms with Crippen LogP contribution in [0.15, 0.2) is 24.7 Å². The summed E-state index contributed by atoms with van der Waals surface area (Å²) in [6.07, 6.45) is -2.29. The lowest BCUT2D eigenvalue weighted by Gasteiger charge is -2.39. The number of aromatic nitrogens is 5. The first-order chi connectivity index (χ1) is 17.0. The molecular weight excluding hydrogens is 492 g/mol. The number of halogens is 6. The van der Waals surface area contributed by atoms with Crippen LogP contribution in [0.2, 0.25) is 0 Å². The van der Waals surface area contributed by atoms with Gasteiger partial charge in [0.1, 0.15) is 17.9 Å². The van der Waals surface area contributed by atoms with Crippen LogP contribution in [-0.4, -0.2) is 61.6 Å². The summed E-state index contributed by atoms with van der Waals surface area (Å²) in [4.78, 5) is 27.9. The molecule has 5 rings (SSSR count). The maximum Gasteiger partial charge on any atom is 0.436 e. The third-order valence-electron chi connectivity index (χ3n) is 6.80. The molecule has 0 unspecified atom stereocenters. The highest BCUT2D eigenvalue weighted by Gasteiger charge is 2.45. The van der Waals surface area contributed by atoms with E-state index in [1.165, 1.54) is 11.1 Å². The molecule has 0 N–H and O–H groups in total. The van der Waals surface area contributed by atoms with Crippen molar-refractivity contribution in [2.24, 2.45) is 5.41 Å². The van der Waals surface area contributed by atoms with Gasteiger partial charge in [-0.2, -0.15) is 18.3 Å². The number of carbonyl (C=O) groups is 1. The van der Waals surface area contributed by atoms with Crippen LogP contribution in [0.3, 0.4) is 0 Å². The first-order valence-corrected chi connectivity index (χ1v) is 11.2. The fraction of sp³-hybridized carbons (Fsp3) is 0.500. The average Bonchev–Trinajstić information content (AvgIpc) is 3.34. The monoisotopic (exact) mass is 513 g/mol. The molecule has 5 heterocycles. The van der Waals surface area contributed by atoms with Crippen LogP contribution in [0, 0.1) is 11.2 Å². The second-order valence-electron chi connectivity index (χ2n) is 9.20. The molecule has 2 aliphatic rings. The number of fused-ring (bicyclic) bond motifs is 1. The van der Waals surface area contributed by atoms with E-state index in [-0.39, 0.29) is 35.5 Å². The predicted molar refractivity (Wildman–Crippen MR) is 114 cm³/mol. The predicted octanol–water partition coefficient (Wildman–Crippen LogP) is 3.66. The number of amides is 1. The van der Waals surface area contributed by atoms with Crippen molar-refractivity contribution in [3.05, 3.63) is 41.7 Å². The molecule has 8 nitrogen and oxygen atoms in total. The molecule has 0 radical (unpaired) electrons. The summed E-state index contributed by atoms with van der Waals surface area (Å²) in [6, 6.07) is 1.15. The molecule has 1 spiro atoms. The lowest BCUT2D eigenvalue weighted by Crippen LogP contribution is -2.42. The first kappa shape index (κ1) is 24.3. The normalized spacial score (nSPS) is 18.2. The number of rotatable bonds is 5. The molecule has 192 valence electrons. The Labute approximate surface area is 200 Å². The molecule has 0 bridgehead atoms. The second kappa shape index (κ2) is 8.89. The third kappa shape index (κ3) is 4.55. The standard InChI is InChI=1S/C22H21F6N7O/c23-15(24)11-35-20-14(8-31-35)30-9-16(32-20)33-5-2-21(3-6-33)7-17(36)34(12-21)10-13-1-4-29-19(18(13)25)22(26,27)28/h1,4,8-9,15H,2-3,5-7,10-12H2. The maximum absolute atomic E-state index is 14.4. The lowest BCUT2D eigenvalue weighted by atomic mass is 9.77. The average molecular weight is 513 g/mol. The Kier molecular flexibility index (Phi) is 5.99. The van der Waals surface area contributed by atoms with E-state index in [1.807, 2.05) is 4.90 Å². The molecule has 1 amide bonds. The number of pyridine rings is 1. The summed E-state index contributed by atoms with van der Waals surface area (Å²) >= 11 is 0. The van der Waals surface area contributed by atoms with Crippen molar-refractivity contribution in [1.82, 2.24) is 29.6 Å². The Morgan fingerprint density at radius 1 is 1.11 bits per heavy atom. The van der Waals surface area contributed by atoms with Gasteiger partial charge in [-0.15, -0.1) is 0 Å². The van der Waals surface area contributed by atoms with Gasteiger partial charge >= 0.3 is 6.18 Å². The highest BCUT2D eigenvalue weighted by Crippen LogP contribution is 2.42. The van der Waals surface area contributed by atoms with Crippen molar-refractivity contribution < 1.29 is 31.1 Å². The van der Waals surface area contributed by atoms with Gasteiger partial charge in [0.25, 0.3) is 6.43 Å². The molecule has 2 fully saturated rings. The van der Waals surface area contributed by atoms with E-state index in [4.69, 9.17) is 0 Å². The lowest BCUT2D eigenvalue weighted by molar-refractivity contribution is -0.143. The molecular formula is C22H21F6N7O. The molecule has 2 aliphatic heterocycles. The minimum atomic E-state index is -4.92. The quantitative estimate of drug-likeness (QED) is 0.485. The van der Waals surface area contributed by atoms with Crippen molar-refractivity contribution >= 4 is 22.9 Å². The highest BCUT2D eigenvalue weighted by atomic mass is 19.4. The van der Waals surface area contributed by atoms with Gasteiger partial charge in [0.15, 0.2) is 17.2 Å². The summed E-state index contributed by atoms with van der Waals surface area (Å²) in [5, 5.41) is 3.91.